The van der Waals surface area contributed by atoms with Crippen molar-refractivity contribution in [2.75, 3.05) is 31.7 Å². The van der Waals surface area contributed by atoms with E-state index in [4.69, 9.17) is 11.6 Å². The van der Waals surface area contributed by atoms with Crippen LogP contribution in [-0.2, 0) is 11.3 Å². The van der Waals surface area contributed by atoms with E-state index in [0.717, 1.165) is 11.1 Å². The SMILES string of the molecule is Cc1cc(C)c(NC(=O)CSc2nc3ccccc3c(=O)n2CCN(C)C)c(Cl)c1. The van der Waals surface area contributed by atoms with Crippen molar-refractivity contribution in [1.29, 1.82) is 0 Å². The normalized spacial score (nSPS) is 11.3. The van der Waals surface area contributed by atoms with Crippen molar-refractivity contribution in [3.8, 4) is 0 Å². The Hall–Kier alpha value is -2.35. The zero-order valence-electron chi connectivity index (χ0n) is 17.5. The van der Waals surface area contributed by atoms with Crippen LogP contribution in [0.5, 0.6) is 0 Å². The molecule has 0 aliphatic rings. The molecule has 0 aliphatic heterocycles. The molecule has 2 aromatic carbocycles. The summed E-state index contributed by atoms with van der Waals surface area (Å²) in [6, 6.07) is 11.1. The van der Waals surface area contributed by atoms with Gasteiger partial charge in [0.1, 0.15) is 0 Å². The third-order valence-electron chi connectivity index (χ3n) is 4.63. The lowest BCUT2D eigenvalue weighted by Crippen LogP contribution is -2.29. The summed E-state index contributed by atoms with van der Waals surface area (Å²) in [4.78, 5) is 32.2. The van der Waals surface area contributed by atoms with Crippen LogP contribution in [0, 0.1) is 13.8 Å². The Balaban J connectivity index is 1.83. The number of nitrogens with one attached hydrogen (secondary N) is 1. The lowest BCUT2D eigenvalue weighted by Gasteiger charge is -2.16. The second kappa shape index (κ2) is 9.64. The zero-order valence-corrected chi connectivity index (χ0v) is 19.1. The number of para-hydroxylation sites is 1. The first-order valence-electron chi connectivity index (χ1n) is 9.60. The van der Waals surface area contributed by atoms with E-state index in [-0.39, 0.29) is 17.2 Å². The van der Waals surface area contributed by atoms with Crippen molar-refractivity contribution in [3.63, 3.8) is 0 Å². The number of likely N-dealkylation sites (N-methyl/N-ethyl adjacent to an activating group) is 1. The summed E-state index contributed by atoms with van der Waals surface area (Å²) in [7, 11) is 3.90. The maximum Gasteiger partial charge on any atom is 0.262 e. The van der Waals surface area contributed by atoms with E-state index in [1.54, 1.807) is 10.6 Å². The summed E-state index contributed by atoms with van der Waals surface area (Å²) in [6.45, 7) is 5.05. The monoisotopic (exact) mass is 444 g/mol. The number of carbonyl (C=O) groups excluding carboxylic acids is 1. The smallest absolute Gasteiger partial charge is 0.262 e. The number of aryl methyl sites for hydroxylation is 2. The van der Waals surface area contributed by atoms with Crippen molar-refractivity contribution in [2.24, 2.45) is 0 Å². The molecule has 0 bridgehead atoms. The second-order valence-electron chi connectivity index (χ2n) is 7.45. The summed E-state index contributed by atoms with van der Waals surface area (Å²) >= 11 is 7.54. The molecular formula is C22H25ClN4O2S. The van der Waals surface area contributed by atoms with Gasteiger partial charge in [-0.25, -0.2) is 4.98 Å². The number of hydrogen-bond acceptors (Lipinski definition) is 5. The van der Waals surface area contributed by atoms with Gasteiger partial charge in [0.25, 0.3) is 5.56 Å². The van der Waals surface area contributed by atoms with Gasteiger partial charge in [-0.3, -0.25) is 14.2 Å². The van der Waals surface area contributed by atoms with Gasteiger partial charge in [0.2, 0.25) is 5.91 Å². The van der Waals surface area contributed by atoms with E-state index in [1.807, 2.05) is 63.2 Å². The molecule has 0 unspecified atom stereocenters. The number of nitrogens with zero attached hydrogens (tertiary/aromatic N) is 3. The molecule has 0 radical (unpaired) electrons. The number of anilines is 1. The summed E-state index contributed by atoms with van der Waals surface area (Å²) in [5.74, 6) is -0.0773. The Morgan fingerprint density at radius 3 is 2.67 bits per heavy atom. The molecule has 0 spiro atoms. The first-order chi connectivity index (χ1) is 14.3. The maximum absolute atomic E-state index is 13.0. The molecule has 1 N–H and O–H groups in total. The van der Waals surface area contributed by atoms with Gasteiger partial charge in [0, 0.05) is 13.1 Å². The first kappa shape index (κ1) is 22.3. The topological polar surface area (TPSA) is 67.2 Å². The molecule has 6 nitrogen and oxygen atoms in total. The van der Waals surface area contributed by atoms with E-state index >= 15 is 0 Å². The van der Waals surface area contributed by atoms with Crippen molar-refractivity contribution in [2.45, 2.75) is 25.5 Å². The Morgan fingerprint density at radius 2 is 1.97 bits per heavy atom. The van der Waals surface area contributed by atoms with Gasteiger partial charge in [-0.1, -0.05) is 41.6 Å². The second-order valence-corrected chi connectivity index (χ2v) is 8.80. The van der Waals surface area contributed by atoms with Crippen LogP contribution >= 0.6 is 23.4 Å². The number of benzene rings is 2. The quantitative estimate of drug-likeness (QED) is 0.441. The van der Waals surface area contributed by atoms with Crippen molar-refractivity contribution in [1.82, 2.24) is 14.5 Å². The van der Waals surface area contributed by atoms with Gasteiger partial charge >= 0.3 is 0 Å². The average Bonchev–Trinajstić information content (AvgIpc) is 2.68. The molecular weight excluding hydrogens is 420 g/mol. The molecule has 1 heterocycles. The van der Waals surface area contributed by atoms with Gasteiger partial charge in [-0.15, -0.1) is 0 Å². The lowest BCUT2D eigenvalue weighted by molar-refractivity contribution is -0.113. The standard InChI is InChI=1S/C22H25ClN4O2S/c1-14-11-15(2)20(17(23)12-14)25-19(28)13-30-22-24-18-8-6-5-7-16(18)21(29)27(22)10-9-26(3)4/h5-8,11-12H,9-10,13H2,1-4H3,(H,25,28). The van der Waals surface area contributed by atoms with Gasteiger partial charge in [-0.2, -0.15) is 0 Å². The molecule has 3 aromatic rings. The van der Waals surface area contributed by atoms with Crippen LogP contribution in [0.15, 0.2) is 46.3 Å². The molecule has 1 amide bonds. The van der Waals surface area contributed by atoms with E-state index in [2.05, 4.69) is 10.3 Å². The molecule has 0 aliphatic carbocycles. The minimum atomic E-state index is -0.199. The molecule has 30 heavy (non-hydrogen) atoms. The predicted molar refractivity (Wildman–Crippen MR) is 125 cm³/mol. The zero-order chi connectivity index (χ0) is 21.8. The van der Waals surface area contributed by atoms with Gasteiger partial charge in [0.05, 0.1) is 27.4 Å². The average molecular weight is 445 g/mol. The van der Waals surface area contributed by atoms with Gasteiger partial charge in [-0.05, 0) is 57.3 Å². The Kier molecular flexibility index (Phi) is 7.18. The van der Waals surface area contributed by atoms with E-state index in [0.29, 0.717) is 39.9 Å². The van der Waals surface area contributed by atoms with Crippen LogP contribution in [0.3, 0.4) is 0 Å². The molecule has 0 saturated heterocycles. The number of carbonyl (C=O) groups is 1. The Morgan fingerprint density at radius 1 is 1.23 bits per heavy atom. The highest BCUT2D eigenvalue weighted by Crippen LogP contribution is 2.28. The van der Waals surface area contributed by atoms with Crippen LogP contribution < -0.4 is 10.9 Å². The molecule has 0 atom stereocenters. The van der Waals surface area contributed by atoms with Crippen LogP contribution in [-0.4, -0.2) is 46.8 Å². The molecule has 0 saturated carbocycles. The Labute approximate surface area is 185 Å². The molecule has 158 valence electrons. The molecule has 1 aromatic heterocycles. The lowest BCUT2D eigenvalue weighted by atomic mass is 10.1. The minimum Gasteiger partial charge on any atom is -0.324 e. The maximum atomic E-state index is 13.0. The van der Waals surface area contributed by atoms with Gasteiger partial charge < -0.3 is 10.2 Å². The van der Waals surface area contributed by atoms with E-state index < -0.39 is 0 Å². The highest BCUT2D eigenvalue weighted by Gasteiger charge is 2.15. The highest BCUT2D eigenvalue weighted by molar-refractivity contribution is 7.99. The van der Waals surface area contributed by atoms with E-state index in [9.17, 15) is 9.59 Å². The number of rotatable bonds is 7. The summed E-state index contributed by atoms with van der Waals surface area (Å²) in [5.41, 5.74) is 3.09. The van der Waals surface area contributed by atoms with Crippen LogP contribution in [0.1, 0.15) is 11.1 Å². The molecule has 8 heteroatoms. The number of amides is 1. The number of hydrogen-bond donors (Lipinski definition) is 1. The van der Waals surface area contributed by atoms with Gasteiger partial charge in [0.15, 0.2) is 5.16 Å². The molecule has 3 rings (SSSR count). The summed E-state index contributed by atoms with van der Waals surface area (Å²) in [5, 5.41) is 4.50. The Bertz CT molecular complexity index is 1120. The number of halogens is 1. The van der Waals surface area contributed by atoms with Crippen LogP contribution in [0.25, 0.3) is 10.9 Å². The summed E-state index contributed by atoms with van der Waals surface area (Å²) < 4.78 is 1.64. The fourth-order valence-corrected chi connectivity index (χ4v) is 4.33. The highest BCUT2D eigenvalue weighted by atomic mass is 35.5. The van der Waals surface area contributed by atoms with Crippen LogP contribution in [0.2, 0.25) is 5.02 Å². The third kappa shape index (κ3) is 5.22. The first-order valence-corrected chi connectivity index (χ1v) is 11.0. The minimum absolute atomic E-state index is 0.0946. The fraction of sp³-hybridized carbons (Fsp3) is 0.318. The van der Waals surface area contributed by atoms with E-state index in [1.165, 1.54) is 11.8 Å². The molecule has 0 fully saturated rings. The van der Waals surface area contributed by atoms with Crippen molar-refractivity contribution in [3.05, 3.63) is 62.9 Å². The van der Waals surface area contributed by atoms with Crippen LogP contribution in [0.4, 0.5) is 5.69 Å². The number of fused-ring (bicyclic) bond motifs is 1. The summed E-state index contributed by atoms with van der Waals surface area (Å²) in [6.07, 6.45) is 0. The predicted octanol–water partition coefficient (Wildman–Crippen LogP) is 3.96. The number of thioether (sulfide) groups is 1. The third-order valence-corrected chi connectivity index (χ3v) is 5.90. The van der Waals surface area contributed by atoms with Crippen molar-refractivity contribution < 1.29 is 4.79 Å². The fourth-order valence-electron chi connectivity index (χ4n) is 3.13. The number of aromatic nitrogens is 2. The van der Waals surface area contributed by atoms with Crippen molar-refractivity contribution >= 4 is 45.9 Å². The largest absolute Gasteiger partial charge is 0.324 e.